The molecule has 0 saturated heterocycles. The molecule has 0 rings (SSSR count). The van der Waals surface area contributed by atoms with E-state index >= 15 is 0 Å². The fourth-order valence-corrected chi connectivity index (χ4v) is 3.02. The second-order valence-electron chi connectivity index (χ2n) is 6.12. The molecular formula is C16H26O8. The van der Waals surface area contributed by atoms with Crippen LogP contribution in [0.2, 0.25) is 0 Å². The zero-order valence-corrected chi connectivity index (χ0v) is 14.2. The number of carboxylic acids is 3. The van der Waals surface area contributed by atoms with Crippen LogP contribution < -0.4 is 0 Å². The molecule has 0 aliphatic carbocycles. The van der Waals surface area contributed by atoms with Crippen LogP contribution in [-0.4, -0.2) is 49.7 Å². The van der Waals surface area contributed by atoms with Crippen LogP contribution in [-0.2, 0) is 19.2 Å². The number of aliphatic carboxylic acids is 3. The van der Waals surface area contributed by atoms with Gasteiger partial charge in [-0.15, -0.1) is 0 Å². The van der Waals surface area contributed by atoms with Crippen molar-refractivity contribution in [2.75, 3.05) is 0 Å². The number of carbonyl (C=O) groups is 4. The van der Waals surface area contributed by atoms with Crippen molar-refractivity contribution in [2.24, 2.45) is 11.3 Å². The summed E-state index contributed by atoms with van der Waals surface area (Å²) in [6.07, 6.45) is 0.803. The Morgan fingerprint density at radius 3 is 1.83 bits per heavy atom. The fourth-order valence-electron chi connectivity index (χ4n) is 3.02. The average molecular weight is 346 g/mol. The van der Waals surface area contributed by atoms with Gasteiger partial charge in [0.1, 0.15) is 0 Å². The van der Waals surface area contributed by atoms with Gasteiger partial charge in [-0.25, -0.2) is 4.79 Å². The molecule has 0 aliphatic rings. The van der Waals surface area contributed by atoms with Crippen molar-refractivity contribution in [3.05, 3.63) is 0 Å². The molecule has 4 N–H and O–H groups in total. The molecule has 138 valence electrons. The number of hydrogen-bond donors (Lipinski definition) is 4. The monoisotopic (exact) mass is 346 g/mol. The molecule has 0 radical (unpaired) electrons. The molecule has 0 fully saturated rings. The molecule has 0 aromatic rings. The third kappa shape index (κ3) is 4.31. The maximum absolute atomic E-state index is 12.2. The first-order valence-electron chi connectivity index (χ1n) is 7.91. The molecule has 3 atom stereocenters. The van der Waals surface area contributed by atoms with E-state index in [2.05, 4.69) is 0 Å². The van der Waals surface area contributed by atoms with E-state index in [1.54, 1.807) is 6.92 Å². The van der Waals surface area contributed by atoms with Gasteiger partial charge in [0.2, 0.25) is 0 Å². The summed E-state index contributed by atoms with van der Waals surface area (Å²) in [5, 5.41) is 38.4. The van der Waals surface area contributed by atoms with E-state index < -0.39 is 47.5 Å². The van der Waals surface area contributed by atoms with E-state index in [0.717, 1.165) is 19.8 Å². The normalized spacial score (nSPS) is 17.3. The standard InChI is InChI=1S/C16H26O8/c1-4-6-7-11(5-2)8-15(10(3)17,13(20)21)16(24,14(22)23)9-12(18)19/h11,24H,4-9H2,1-3H3,(H,18,19)(H,20,21)(H,22,23). The molecule has 8 nitrogen and oxygen atoms in total. The molecule has 0 aliphatic heterocycles. The van der Waals surface area contributed by atoms with Gasteiger partial charge >= 0.3 is 17.9 Å². The average Bonchev–Trinajstić information content (AvgIpc) is 2.45. The maximum Gasteiger partial charge on any atom is 0.338 e. The van der Waals surface area contributed by atoms with Gasteiger partial charge in [-0.2, -0.15) is 0 Å². The Hall–Kier alpha value is -1.96. The van der Waals surface area contributed by atoms with Gasteiger partial charge in [-0.1, -0.05) is 39.5 Å². The van der Waals surface area contributed by atoms with Gasteiger partial charge in [-0.05, 0) is 19.3 Å². The molecule has 0 spiro atoms. The molecule has 0 aromatic carbocycles. The van der Waals surface area contributed by atoms with Crippen LogP contribution in [0.3, 0.4) is 0 Å². The molecular weight excluding hydrogens is 320 g/mol. The Bertz CT molecular complexity index is 484. The lowest BCUT2D eigenvalue weighted by Crippen LogP contribution is -2.63. The van der Waals surface area contributed by atoms with Crippen LogP contribution in [0.15, 0.2) is 0 Å². The van der Waals surface area contributed by atoms with Crippen molar-refractivity contribution >= 4 is 23.7 Å². The van der Waals surface area contributed by atoms with Gasteiger partial charge in [0.25, 0.3) is 0 Å². The number of rotatable bonds is 12. The molecule has 24 heavy (non-hydrogen) atoms. The summed E-state index contributed by atoms with van der Waals surface area (Å²) in [4.78, 5) is 46.6. The van der Waals surface area contributed by atoms with Crippen molar-refractivity contribution in [3.63, 3.8) is 0 Å². The van der Waals surface area contributed by atoms with E-state index in [1.807, 2.05) is 6.92 Å². The van der Waals surface area contributed by atoms with Gasteiger partial charge < -0.3 is 20.4 Å². The van der Waals surface area contributed by atoms with Gasteiger partial charge in [0.05, 0.1) is 6.42 Å². The van der Waals surface area contributed by atoms with Crippen LogP contribution in [0.5, 0.6) is 0 Å². The molecule has 8 heteroatoms. The summed E-state index contributed by atoms with van der Waals surface area (Å²) in [6, 6.07) is 0. The predicted molar refractivity (Wildman–Crippen MR) is 83.5 cm³/mol. The first-order valence-corrected chi connectivity index (χ1v) is 7.91. The number of unbranched alkanes of at least 4 members (excludes halogenated alkanes) is 1. The number of hydrogen-bond acceptors (Lipinski definition) is 5. The summed E-state index contributed by atoms with van der Waals surface area (Å²) in [5.74, 6) is -6.96. The van der Waals surface area contributed by atoms with Crippen molar-refractivity contribution in [1.29, 1.82) is 0 Å². The van der Waals surface area contributed by atoms with Gasteiger partial charge in [0, 0.05) is 0 Å². The quantitative estimate of drug-likeness (QED) is 0.389. The van der Waals surface area contributed by atoms with Gasteiger partial charge in [-0.3, -0.25) is 14.4 Å². The van der Waals surface area contributed by atoms with Crippen LogP contribution in [0.1, 0.15) is 59.3 Å². The highest BCUT2D eigenvalue weighted by Gasteiger charge is 2.65. The van der Waals surface area contributed by atoms with E-state index in [4.69, 9.17) is 5.11 Å². The second-order valence-corrected chi connectivity index (χ2v) is 6.12. The Labute approximate surface area is 140 Å². The Morgan fingerprint density at radius 1 is 1.00 bits per heavy atom. The summed E-state index contributed by atoms with van der Waals surface area (Å²) < 4.78 is 0. The Kier molecular flexibility index (Phi) is 8.05. The van der Waals surface area contributed by atoms with Crippen LogP contribution in [0, 0.1) is 11.3 Å². The summed E-state index contributed by atoms with van der Waals surface area (Å²) in [7, 11) is 0. The third-order valence-corrected chi connectivity index (χ3v) is 4.57. The number of Topliss-reactive ketones (excluding diaryl/α,β-unsaturated/α-hetero) is 1. The molecule has 0 saturated carbocycles. The maximum atomic E-state index is 12.2. The largest absolute Gasteiger partial charge is 0.481 e. The van der Waals surface area contributed by atoms with Gasteiger partial charge in [0.15, 0.2) is 16.8 Å². The van der Waals surface area contributed by atoms with E-state index in [-0.39, 0.29) is 5.92 Å². The minimum atomic E-state index is -3.23. The Balaban J connectivity index is 6.21. The molecule has 0 bridgehead atoms. The van der Waals surface area contributed by atoms with Crippen LogP contribution in [0.25, 0.3) is 0 Å². The van der Waals surface area contributed by atoms with Crippen molar-refractivity contribution in [3.8, 4) is 0 Å². The van der Waals surface area contributed by atoms with Crippen molar-refractivity contribution in [1.82, 2.24) is 0 Å². The first kappa shape index (κ1) is 22.0. The number of aliphatic hydroxyl groups is 1. The van der Waals surface area contributed by atoms with E-state index in [1.165, 1.54) is 0 Å². The summed E-state index contributed by atoms with van der Waals surface area (Å²) in [5.41, 5.74) is -5.94. The number of ketones is 1. The molecule has 0 heterocycles. The lowest BCUT2D eigenvalue weighted by molar-refractivity contribution is -0.197. The molecule has 0 aromatic heterocycles. The SMILES string of the molecule is CCCCC(CC)CC(C(C)=O)(C(=O)O)C(O)(CC(=O)O)C(=O)O. The van der Waals surface area contributed by atoms with E-state index in [9.17, 15) is 34.5 Å². The van der Waals surface area contributed by atoms with E-state index in [0.29, 0.717) is 12.8 Å². The highest BCUT2D eigenvalue weighted by atomic mass is 16.4. The first-order chi connectivity index (χ1) is 11.0. The lowest BCUT2D eigenvalue weighted by atomic mass is 9.62. The van der Waals surface area contributed by atoms with Crippen molar-refractivity contribution < 1.29 is 39.6 Å². The second kappa shape index (κ2) is 8.77. The zero-order chi connectivity index (χ0) is 19.1. The smallest absolute Gasteiger partial charge is 0.338 e. The molecule has 3 unspecified atom stereocenters. The topological polar surface area (TPSA) is 149 Å². The highest BCUT2D eigenvalue weighted by Crippen LogP contribution is 2.43. The highest BCUT2D eigenvalue weighted by molar-refractivity contribution is 6.09. The summed E-state index contributed by atoms with van der Waals surface area (Å²) >= 11 is 0. The Morgan fingerprint density at radius 2 is 1.54 bits per heavy atom. The number of carboxylic acid groups (broad SMARTS) is 3. The van der Waals surface area contributed by atoms with Crippen LogP contribution >= 0.6 is 0 Å². The lowest BCUT2D eigenvalue weighted by Gasteiger charge is -2.40. The summed E-state index contributed by atoms with van der Waals surface area (Å²) in [6.45, 7) is 4.57. The number of carbonyl (C=O) groups excluding carboxylic acids is 1. The minimum Gasteiger partial charge on any atom is -0.481 e. The molecule has 0 amide bonds. The fraction of sp³-hybridized carbons (Fsp3) is 0.750. The van der Waals surface area contributed by atoms with Crippen molar-refractivity contribution in [2.45, 2.75) is 64.9 Å². The zero-order valence-electron chi connectivity index (χ0n) is 14.2. The third-order valence-electron chi connectivity index (χ3n) is 4.57. The predicted octanol–water partition coefficient (Wildman–Crippen LogP) is 1.54. The minimum absolute atomic E-state index is 0.329. The van der Waals surface area contributed by atoms with Crippen LogP contribution in [0.4, 0.5) is 0 Å².